The number of benzene rings is 1. The van der Waals surface area contributed by atoms with Crippen LogP contribution in [0.25, 0.3) is 0 Å². The summed E-state index contributed by atoms with van der Waals surface area (Å²) < 4.78 is 33.3. The molecule has 3 N–H and O–H groups in total. The summed E-state index contributed by atoms with van der Waals surface area (Å²) in [6.07, 6.45) is 3.59. The fourth-order valence-corrected chi connectivity index (χ4v) is 6.39. The maximum atomic E-state index is 13.3. The van der Waals surface area contributed by atoms with Gasteiger partial charge in [0.1, 0.15) is 15.6 Å². The molecule has 1 fully saturated rings. The topological polar surface area (TPSA) is 119 Å². The molecule has 3 rings (SSSR count). The minimum atomic E-state index is -3.82. The van der Waals surface area contributed by atoms with Crippen LogP contribution >= 0.6 is 11.3 Å². The van der Waals surface area contributed by atoms with Gasteiger partial charge in [-0.15, -0.1) is 11.3 Å². The lowest BCUT2D eigenvalue weighted by Gasteiger charge is -2.21. The largest absolute Gasteiger partial charge is 0.495 e. The summed E-state index contributed by atoms with van der Waals surface area (Å²) in [7, 11) is -2.43. The van der Waals surface area contributed by atoms with Crippen LogP contribution < -0.4 is 15.8 Å². The minimum absolute atomic E-state index is 0.0433. The van der Waals surface area contributed by atoms with E-state index in [1.807, 2.05) is 6.92 Å². The van der Waals surface area contributed by atoms with Crippen molar-refractivity contribution in [3.63, 3.8) is 0 Å². The maximum absolute atomic E-state index is 13.3. The van der Waals surface area contributed by atoms with Crippen LogP contribution in [0, 0.1) is 13.8 Å². The van der Waals surface area contributed by atoms with Crippen LogP contribution in [0.3, 0.4) is 0 Å². The first-order valence-corrected chi connectivity index (χ1v) is 12.3. The molecule has 1 aromatic carbocycles. The maximum Gasteiger partial charge on any atom is 0.256 e. The molecule has 0 radical (unpaired) electrons. The Morgan fingerprint density at radius 2 is 1.77 bits per heavy atom. The van der Waals surface area contributed by atoms with Gasteiger partial charge in [0.15, 0.2) is 0 Å². The number of rotatable bonds is 6. The lowest BCUT2D eigenvalue weighted by atomic mass is 10.1. The zero-order chi connectivity index (χ0) is 22.8. The molecule has 2 aromatic rings. The van der Waals surface area contributed by atoms with Crippen LogP contribution in [-0.4, -0.2) is 44.7 Å². The molecule has 0 aliphatic carbocycles. The van der Waals surface area contributed by atoms with Gasteiger partial charge < -0.3 is 15.8 Å². The van der Waals surface area contributed by atoms with E-state index in [4.69, 9.17) is 10.5 Å². The predicted octanol–water partition coefficient (Wildman–Crippen LogP) is 3.29. The molecule has 1 aliphatic rings. The summed E-state index contributed by atoms with van der Waals surface area (Å²) in [5.74, 6) is -0.975. The molecule has 2 heterocycles. The first-order chi connectivity index (χ1) is 14.7. The molecule has 0 saturated carbocycles. The smallest absolute Gasteiger partial charge is 0.256 e. The fraction of sp³-hybridized carbons (Fsp3) is 0.429. The molecule has 10 heteroatoms. The van der Waals surface area contributed by atoms with Crippen molar-refractivity contribution in [2.24, 2.45) is 5.73 Å². The van der Waals surface area contributed by atoms with E-state index < -0.39 is 21.8 Å². The third-order valence-electron chi connectivity index (χ3n) is 5.47. The summed E-state index contributed by atoms with van der Waals surface area (Å²) >= 11 is 1.25. The zero-order valence-corrected chi connectivity index (χ0v) is 19.5. The van der Waals surface area contributed by atoms with Crippen molar-refractivity contribution < 1.29 is 22.7 Å². The number of aryl methyl sites for hydroxylation is 1. The van der Waals surface area contributed by atoms with Gasteiger partial charge in [0.25, 0.3) is 11.8 Å². The number of ether oxygens (including phenoxy) is 1. The summed E-state index contributed by atoms with van der Waals surface area (Å²) in [6, 6.07) is 4.29. The van der Waals surface area contributed by atoms with Crippen LogP contribution in [0.5, 0.6) is 5.75 Å². The number of sulfonamides is 1. The highest BCUT2D eigenvalue weighted by Gasteiger charge is 2.29. The zero-order valence-electron chi connectivity index (χ0n) is 17.9. The molecular weight excluding hydrogens is 438 g/mol. The number of nitrogens with two attached hydrogens (primary N) is 1. The lowest BCUT2D eigenvalue weighted by molar-refractivity contribution is 0.100. The fourth-order valence-electron chi connectivity index (χ4n) is 3.63. The lowest BCUT2D eigenvalue weighted by Crippen LogP contribution is -2.32. The summed E-state index contributed by atoms with van der Waals surface area (Å²) in [4.78, 5) is 25.6. The van der Waals surface area contributed by atoms with Gasteiger partial charge in [-0.3, -0.25) is 9.59 Å². The van der Waals surface area contributed by atoms with Gasteiger partial charge in [-0.25, -0.2) is 8.42 Å². The van der Waals surface area contributed by atoms with Gasteiger partial charge in [0.05, 0.1) is 12.7 Å². The van der Waals surface area contributed by atoms with E-state index in [0.29, 0.717) is 23.7 Å². The standard InChI is InChI=1S/C21H27N3O5S2/c1-13-14(2)30-21(18(13)19(22)25)23-20(26)15-8-9-16(29-3)17(12-15)31(27,28)24-10-6-4-5-7-11-24/h8-9,12H,4-7,10-11H2,1-3H3,(H2,22,25)(H,23,26). The number of thiophene rings is 1. The average molecular weight is 466 g/mol. The minimum Gasteiger partial charge on any atom is -0.495 e. The van der Waals surface area contributed by atoms with E-state index in [0.717, 1.165) is 30.6 Å². The molecule has 1 saturated heterocycles. The van der Waals surface area contributed by atoms with Crippen LogP contribution in [0.15, 0.2) is 23.1 Å². The van der Waals surface area contributed by atoms with E-state index in [2.05, 4.69) is 5.32 Å². The number of primary amides is 1. The number of hydrogen-bond acceptors (Lipinski definition) is 6. The number of amides is 2. The Balaban J connectivity index is 1.96. The van der Waals surface area contributed by atoms with Gasteiger partial charge in [0, 0.05) is 23.5 Å². The summed E-state index contributed by atoms with van der Waals surface area (Å²) in [5, 5.41) is 3.05. The molecule has 8 nitrogen and oxygen atoms in total. The Morgan fingerprint density at radius 3 is 2.35 bits per heavy atom. The molecule has 1 aliphatic heterocycles. The van der Waals surface area contributed by atoms with Crippen molar-refractivity contribution in [2.75, 3.05) is 25.5 Å². The van der Waals surface area contributed by atoms with Crippen LogP contribution in [0.2, 0.25) is 0 Å². The van der Waals surface area contributed by atoms with Crippen molar-refractivity contribution in [3.05, 3.63) is 39.8 Å². The Hall–Kier alpha value is -2.43. The summed E-state index contributed by atoms with van der Waals surface area (Å²) in [5.41, 5.74) is 6.60. The Bertz CT molecular complexity index is 1100. The number of methoxy groups -OCH3 is 1. The van der Waals surface area contributed by atoms with E-state index in [9.17, 15) is 18.0 Å². The number of hydrogen-bond donors (Lipinski definition) is 2. The molecule has 0 atom stereocenters. The van der Waals surface area contributed by atoms with E-state index in [-0.39, 0.29) is 21.8 Å². The van der Waals surface area contributed by atoms with Crippen LogP contribution in [0.4, 0.5) is 5.00 Å². The molecule has 2 amide bonds. The van der Waals surface area contributed by atoms with Crippen molar-refractivity contribution in [3.8, 4) is 5.75 Å². The third-order valence-corrected chi connectivity index (χ3v) is 8.51. The third kappa shape index (κ3) is 4.76. The van der Waals surface area contributed by atoms with E-state index in [1.54, 1.807) is 6.92 Å². The first kappa shape index (κ1) is 23.2. The Morgan fingerprint density at radius 1 is 1.13 bits per heavy atom. The van der Waals surface area contributed by atoms with Crippen molar-refractivity contribution in [2.45, 2.75) is 44.4 Å². The number of carbonyl (C=O) groups is 2. The Kier molecular flexibility index (Phi) is 7.03. The van der Waals surface area contributed by atoms with Gasteiger partial charge in [-0.1, -0.05) is 12.8 Å². The van der Waals surface area contributed by atoms with E-state index in [1.165, 1.54) is 41.0 Å². The second-order valence-corrected chi connectivity index (χ2v) is 10.6. The number of carbonyl (C=O) groups excluding carboxylic acids is 2. The first-order valence-electron chi connectivity index (χ1n) is 10.1. The molecule has 1 aromatic heterocycles. The highest BCUT2D eigenvalue weighted by Crippen LogP contribution is 2.33. The molecule has 168 valence electrons. The predicted molar refractivity (Wildman–Crippen MR) is 120 cm³/mol. The molecule has 0 spiro atoms. The quantitative estimate of drug-likeness (QED) is 0.679. The number of nitrogens with zero attached hydrogens (tertiary/aromatic N) is 1. The van der Waals surface area contributed by atoms with E-state index >= 15 is 0 Å². The molecule has 0 bridgehead atoms. The van der Waals surface area contributed by atoms with Gasteiger partial charge in [-0.2, -0.15) is 4.31 Å². The summed E-state index contributed by atoms with van der Waals surface area (Å²) in [6.45, 7) is 4.48. The van der Waals surface area contributed by atoms with Gasteiger partial charge in [0.2, 0.25) is 10.0 Å². The highest BCUT2D eigenvalue weighted by molar-refractivity contribution is 7.89. The monoisotopic (exact) mass is 465 g/mol. The van der Waals surface area contributed by atoms with Gasteiger partial charge >= 0.3 is 0 Å². The molecular formula is C21H27N3O5S2. The second kappa shape index (κ2) is 9.37. The van der Waals surface area contributed by atoms with Gasteiger partial charge in [-0.05, 0) is 50.5 Å². The average Bonchev–Trinajstić information content (AvgIpc) is 2.92. The number of nitrogens with one attached hydrogen (secondary N) is 1. The SMILES string of the molecule is COc1ccc(C(=O)Nc2sc(C)c(C)c2C(N)=O)cc1S(=O)(=O)N1CCCCCC1. The highest BCUT2D eigenvalue weighted by atomic mass is 32.2. The van der Waals surface area contributed by atoms with Crippen molar-refractivity contribution >= 4 is 38.2 Å². The number of anilines is 1. The van der Waals surface area contributed by atoms with Crippen LogP contribution in [0.1, 0.15) is 56.8 Å². The molecule has 31 heavy (non-hydrogen) atoms. The normalized spacial score (nSPS) is 15.3. The molecule has 0 unspecified atom stereocenters. The Labute approximate surface area is 186 Å². The van der Waals surface area contributed by atoms with Crippen LogP contribution in [-0.2, 0) is 10.0 Å². The van der Waals surface area contributed by atoms with Crippen molar-refractivity contribution in [1.29, 1.82) is 0 Å². The second-order valence-electron chi connectivity index (χ2n) is 7.49. The van der Waals surface area contributed by atoms with Crippen molar-refractivity contribution in [1.82, 2.24) is 4.31 Å².